The molecule has 0 saturated carbocycles. The molecule has 0 spiro atoms. The van der Waals surface area contributed by atoms with Gasteiger partial charge in [0.15, 0.2) is 0 Å². The lowest BCUT2D eigenvalue weighted by atomic mass is 10.0. The molecule has 0 unspecified atom stereocenters. The number of thiophene rings is 1. The van der Waals surface area contributed by atoms with E-state index in [1.165, 1.54) is 6.07 Å². The van der Waals surface area contributed by atoms with E-state index in [9.17, 15) is 4.39 Å². The van der Waals surface area contributed by atoms with Crippen molar-refractivity contribution in [2.24, 2.45) is 0 Å². The van der Waals surface area contributed by atoms with Gasteiger partial charge in [-0.25, -0.2) is 4.39 Å². The van der Waals surface area contributed by atoms with Gasteiger partial charge in [-0.3, -0.25) is 4.90 Å². The third-order valence-electron chi connectivity index (χ3n) is 5.27. The first-order valence-corrected chi connectivity index (χ1v) is 10.7. The Morgan fingerprint density at radius 1 is 0.966 bits per heavy atom. The number of hydrogen-bond donors (Lipinski definition) is 0. The molecule has 3 heterocycles. The monoisotopic (exact) mass is 411 g/mol. The lowest BCUT2D eigenvalue weighted by Crippen LogP contribution is -2.38. The molecule has 0 aliphatic carbocycles. The van der Waals surface area contributed by atoms with E-state index in [1.807, 2.05) is 24.3 Å². The molecule has 0 atom stereocenters. The van der Waals surface area contributed by atoms with Gasteiger partial charge in [-0.05, 0) is 30.3 Å². The summed E-state index contributed by atoms with van der Waals surface area (Å²) in [6, 6.07) is 14.8. The number of benzene rings is 2. The Morgan fingerprint density at radius 3 is 2.69 bits per heavy atom. The van der Waals surface area contributed by atoms with Gasteiger partial charge in [-0.15, -0.1) is 11.3 Å². The van der Waals surface area contributed by atoms with Crippen LogP contribution >= 0.6 is 11.3 Å². The molecular formula is C23H22FNO3S. The summed E-state index contributed by atoms with van der Waals surface area (Å²) in [5.74, 6) is 1.21. The molecule has 1 fully saturated rings. The van der Waals surface area contributed by atoms with Crippen LogP contribution in [-0.2, 0) is 16.1 Å². The van der Waals surface area contributed by atoms with Crippen molar-refractivity contribution in [1.29, 1.82) is 0 Å². The Bertz CT molecular complexity index is 1010. The first-order valence-electron chi connectivity index (χ1n) is 9.86. The molecule has 1 saturated heterocycles. The molecule has 2 aliphatic rings. The number of fused-ring (bicyclic) bond motifs is 5. The Morgan fingerprint density at radius 2 is 1.79 bits per heavy atom. The van der Waals surface area contributed by atoms with Crippen molar-refractivity contribution in [3.8, 4) is 33.1 Å². The van der Waals surface area contributed by atoms with E-state index >= 15 is 0 Å². The van der Waals surface area contributed by atoms with Crippen LogP contribution in [0.3, 0.4) is 0 Å². The van der Waals surface area contributed by atoms with E-state index in [1.54, 1.807) is 23.5 Å². The Kier molecular flexibility index (Phi) is 5.33. The highest BCUT2D eigenvalue weighted by Crippen LogP contribution is 2.50. The van der Waals surface area contributed by atoms with Crippen LogP contribution in [0.25, 0.3) is 21.6 Å². The molecule has 0 bridgehead atoms. The third kappa shape index (κ3) is 3.94. The minimum Gasteiger partial charge on any atom is -0.456 e. The maximum atomic E-state index is 14.0. The van der Waals surface area contributed by atoms with E-state index in [0.717, 1.165) is 65.0 Å². The van der Waals surface area contributed by atoms with Crippen molar-refractivity contribution in [1.82, 2.24) is 4.90 Å². The van der Waals surface area contributed by atoms with Crippen molar-refractivity contribution in [2.75, 3.05) is 39.5 Å². The molecule has 29 heavy (non-hydrogen) atoms. The van der Waals surface area contributed by atoms with Gasteiger partial charge in [0.05, 0.1) is 26.4 Å². The van der Waals surface area contributed by atoms with Crippen LogP contribution in [-0.4, -0.2) is 44.4 Å². The fourth-order valence-corrected chi connectivity index (χ4v) is 4.90. The van der Waals surface area contributed by atoms with E-state index < -0.39 is 0 Å². The van der Waals surface area contributed by atoms with E-state index in [-0.39, 0.29) is 5.82 Å². The zero-order valence-electron chi connectivity index (χ0n) is 16.0. The van der Waals surface area contributed by atoms with Gasteiger partial charge < -0.3 is 14.2 Å². The number of para-hydroxylation sites is 1. The van der Waals surface area contributed by atoms with Crippen molar-refractivity contribution in [3.63, 3.8) is 0 Å². The van der Waals surface area contributed by atoms with Gasteiger partial charge in [0.2, 0.25) is 0 Å². The van der Waals surface area contributed by atoms with Crippen LogP contribution in [0.1, 0.15) is 4.88 Å². The molecule has 0 N–H and O–H groups in total. The topological polar surface area (TPSA) is 30.9 Å². The molecule has 0 radical (unpaired) electrons. The Balaban J connectivity index is 1.39. The van der Waals surface area contributed by atoms with Gasteiger partial charge in [0.25, 0.3) is 0 Å². The maximum Gasteiger partial charge on any atom is 0.136 e. The smallest absolute Gasteiger partial charge is 0.136 e. The molecule has 2 aromatic carbocycles. The van der Waals surface area contributed by atoms with Gasteiger partial charge in [-0.1, -0.05) is 18.2 Å². The van der Waals surface area contributed by atoms with Gasteiger partial charge in [0.1, 0.15) is 17.3 Å². The van der Waals surface area contributed by atoms with Gasteiger partial charge in [-0.2, -0.15) is 0 Å². The van der Waals surface area contributed by atoms with Gasteiger partial charge >= 0.3 is 0 Å². The fourth-order valence-electron chi connectivity index (χ4n) is 3.77. The van der Waals surface area contributed by atoms with Crippen LogP contribution in [0.5, 0.6) is 11.5 Å². The zero-order chi connectivity index (χ0) is 19.6. The summed E-state index contributed by atoms with van der Waals surface area (Å²) in [6.45, 7) is 5.69. The second kappa shape index (κ2) is 8.24. The Labute approximate surface area is 173 Å². The molecule has 3 aromatic rings. The highest BCUT2D eigenvalue weighted by atomic mass is 32.1. The minimum atomic E-state index is -0.263. The van der Waals surface area contributed by atoms with Crippen molar-refractivity contribution in [2.45, 2.75) is 6.61 Å². The molecule has 150 valence electrons. The lowest BCUT2D eigenvalue weighted by Gasteiger charge is -2.26. The first-order chi connectivity index (χ1) is 14.3. The fraction of sp³-hybridized carbons (Fsp3) is 0.304. The van der Waals surface area contributed by atoms with E-state index in [4.69, 9.17) is 14.2 Å². The predicted octanol–water partition coefficient (Wildman–Crippen LogP) is 5.18. The standard InChI is InChI=1S/C23H22FNO3S/c24-16-5-6-22-20(13-16)23-19(18-3-1-2-4-21(18)28-22)14-17(29-23)15-27-12-9-25-7-10-26-11-8-25/h1-6,13-14H,7-12,15H2. The molecule has 4 nitrogen and oxygen atoms in total. The van der Waals surface area contributed by atoms with Crippen LogP contribution < -0.4 is 4.74 Å². The normalized spacial score (nSPS) is 15.8. The molecule has 1 aromatic heterocycles. The highest BCUT2D eigenvalue weighted by molar-refractivity contribution is 7.16. The summed E-state index contributed by atoms with van der Waals surface area (Å²) < 4.78 is 31.4. The van der Waals surface area contributed by atoms with Crippen molar-refractivity contribution >= 4 is 11.3 Å². The summed E-state index contributed by atoms with van der Waals surface area (Å²) in [6.07, 6.45) is 0. The summed E-state index contributed by atoms with van der Waals surface area (Å²) in [5.41, 5.74) is 2.89. The van der Waals surface area contributed by atoms with E-state index in [2.05, 4.69) is 11.0 Å². The summed E-state index contributed by atoms with van der Waals surface area (Å²) in [5, 5.41) is 0. The number of nitrogens with zero attached hydrogens (tertiary/aromatic N) is 1. The summed E-state index contributed by atoms with van der Waals surface area (Å²) >= 11 is 1.64. The van der Waals surface area contributed by atoms with Crippen LogP contribution in [0.15, 0.2) is 48.5 Å². The van der Waals surface area contributed by atoms with Crippen LogP contribution in [0, 0.1) is 5.82 Å². The number of halogens is 1. The number of morpholine rings is 1. The average Bonchev–Trinajstić information content (AvgIpc) is 3.12. The minimum absolute atomic E-state index is 0.263. The van der Waals surface area contributed by atoms with Gasteiger partial charge in [0, 0.05) is 46.1 Å². The van der Waals surface area contributed by atoms with Crippen molar-refractivity contribution < 1.29 is 18.6 Å². The molecule has 0 amide bonds. The SMILES string of the molecule is Fc1ccc2c(c1)-c1sc(COCCN3CCOCC3)cc1-c1ccccc1O2. The number of hydrogen-bond acceptors (Lipinski definition) is 5. The molecule has 2 aliphatic heterocycles. The molecular weight excluding hydrogens is 389 g/mol. The lowest BCUT2D eigenvalue weighted by molar-refractivity contribution is 0.0183. The van der Waals surface area contributed by atoms with E-state index in [0.29, 0.717) is 19.0 Å². The first kappa shape index (κ1) is 18.8. The van der Waals surface area contributed by atoms with Crippen LogP contribution in [0.2, 0.25) is 0 Å². The second-order valence-electron chi connectivity index (χ2n) is 7.20. The highest BCUT2D eigenvalue weighted by Gasteiger charge is 2.23. The zero-order valence-corrected chi connectivity index (χ0v) is 16.8. The summed E-state index contributed by atoms with van der Waals surface area (Å²) in [7, 11) is 0. The van der Waals surface area contributed by atoms with Crippen molar-refractivity contribution in [3.05, 3.63) is 59.2 Å². The quantitative estimate of drug-likeness (QED) is 0.424. The largest absolute Gasteiger partial charge is 0.456 e. The summed E-state index contributed by atoms with van der Waals surface area (Å²) in [4.78, 5) is 4.51. The Hall–Kier alpha value is -2.25. The molecule has 6 heteroatoms. The number of rotatable bonds is 5. The predicted molar refractivity (Wildman–Crippen MR) is 112 cm³/mol. The average molecular weight is 411 g/mol. The van der Waals surface area contributed by atoms with Crippen LogP contribution in [0.4, 0.5) is 4.39 Å². The molecule has 5 rings (SSSR count). The maximum absolute atomic E-state index is 14.0. The number of ether oxygens (including phenoxy) is 3. The second-order valence-corrected chi connectivity index (χ2v) is 8.34. The third-order valence-corrected chi connectivity index (χ3v) is 6.41.